The molecule has 1 rings (SSSR count). The van der Waals surface area contributed by atoms with Crippen molar-refractivity contribution >= 4 is 5.97 Å². The SMILES string of the molecule is CN(CCN)C1COCC1C(=O)O. The average molecular weight is 188 g/mol. The topological polar surface area (TPSA) is 75.8 Å². The molecule has 1 heterocycles. The van der Waals surface area contributed by atoms with Crippen molar-refractivity contribution < 1.29 is 14.6 Å². The third-order valence-electron chi connectivity index (χ3n) is 2.42. The summed E-state index contributed by atoms with van der Waals surface area (Å²) in [5.74, 6) is -1.19. The van der Waals surface area contributed by atoms with Crippen LogP contribution in [-0.4, -0.2) is 55.4 Å². The fourth-order valence-corrected chi connectivity index (χ4v) is 1.58. The fourth-order valence-electron chi connectivity index (χ4n) is 1.58. The minimum absolute atomic E-state index is 0.0268. The Morgan fingerprint density at radius 2 is 2.38 bits per heavy atom. The van der Waals surface area contributed by atoms with Crippen molar-refractivity contribution in [2.24, 2.45) is 11.7 Å². The molecule has 1 fully saturated rings. The van der Waals surface area contributed by atoms with Crippen LogP contribution in [0, 0.1) is 5.92 Å². The summed E-state index contributed by atoms with van der Waals surface area (Å²) in [6, 6.07) is -0.0268. The van der Waals surface area contributed by atoms with Crippen molar-refractivity contribution in [1.29, 1.82) is 0 Å². The first kappa shape index (κ1) is 10.4. The zero-order valence-corrected chi connectivity index (χ0v) is 7.77. The molecule has 2 unspecified atom stereocenters. The van der Waals surface area contributed by atoms with Gasteiger partial charge < -0.3 is 15.6 Å². The highest BCUT2D eigenvalue weighted by Gasteiger charge is 2.36. The molecular weight excluding hydrogens is 172 g/mol. The second-order valence-electron chi connectivity index (χ2n) is 3.32. The minimum Gasteiger partial charge on any atom is -0.481 e. The van der Waals surface area contributed by atoms with Crippen molar-refractivity contribution in [2.45, 2.75) is 6.04 Å². The molecule has 5 nitrogen and oxygen atoms in total. The molecular formula is C8H16N2O3. The summed E-state index contributed by atoms with van der Waals surface area (Å²) in [7, 11) is 1.88. The van der Waals surface area contributed by atoms with Crippen LogP contribution in [0.25, 0.3) is 0 Å². The second-order valence-corrected chi connectivity index (χ2v) is 3.32. The molecule has 1 aliphatic heterocycles. The van der Waals surface area contributed by atoms with Crippen LogP contribution in [0.1, 0.15) is 0 Å². The first-order valence-corrected chi connectivity index (χ1v) is 4.37. The lowest BCUT2D eigenvalue weighted by Crippen LogP contribution is -2.42. The molecule has 13 heavy (non-hydrogen) atoms. The molecule has 0 aliphatic carbocycles. The van der Waals surface area contributed by atoms with Crippen molar-refractivity contribution in [2.75, 3.05) is 33.4 Å². The predicted octanol–water partition coefficient (Wildman–Crippen LogP) is -1.02. The smallest absolute Gasteiger partial charge is 0.310 e. The lowest BCUT2D eigenvalue weighted by molar-refractivity contribution is -0.143. The molecule has 2 atom stereocenters. The number of ether oxygens (including phenoxy) is 1. The number of aliphatic carboxylic acids is 1. The van der Waals surface area contributed by atoms with E-state index in [1.165, 1.54) is 0 Å². The Bertz CT molecular complexity index is 186. The maximum Gasteiger partial charge on any atom is 0.310 e. The summed E-state index contributed by atoms with van der Waals surface area (Å²) < 4.78 is 5.14. The number of likely N-dealkylation sites (N-methyl/N-ethyl adjacent to an activating group) is 1. The summed E-state index contributed by atoms with van der Waals surface area (Å²) in [5.41, 5.74) is 5.39. The van der Waals surface area contributed by atoms with Gasteiger partial charge >= 0.3 is 5.97 Å². The van der Waals surface area contributed by atoms with Crippen LogP contribution < -0.4 is 5.73 Å². The number of carboxylic acids is 1. The maximum absolute atomic E-state index is 10.8. The molecule has 0 saturated carbocycles. The average Bonchev–Trinajstić information content (AvgIpc) is 2.52. The maximum atomic E-state index is 10.8. The van der Waals surface area contributed by atoms with Crippen molar-refractivity contribution in [3.63, 3.8) is 0 Å². The van der Waals surface area contributed by atoms with Crippen LogP contribution in [0.2, 0.25) is 0 Å². The highest BCUT2D eigenvalue weighted by Crippen LogP contribution is 2.18. The van der Waals surface area contributed by atoms with E-state index in [0.717, 1.165) is 0 Å². The molecule has 0 aromatic carbocycles. The Hall–Kier alpha value is -0.650. The summed E-state index contributed by atoms with van der Waals surface area (Å²) in [6.45, 7) is 2.06. The number of carboxylic acid groups (broad SMARTS) is 1. The molecule has 3 N–H and O–H groups in total. The lowest BCUT2D eigenvalue weighted by atomic mass is 10.0. The number of rotatable bonds is 4. The van der Waals surface area contributed by atoms with Gasteiger partial charge in [0, 0.05) is 19.1 Å². The molecule has 0 amide bonds. The summed E-state index contributed by atoms with van der Waals surface area (Å²) in [4.78, 5) is 12.7. The van der Waals surface area contributed by atoms with Gasteiger partial charge in [-0.05, 0) is 7.05 Å². The number of hydrogen-bond acceptors (Lipinski definition) is 4. The molecule has 1 saturated heterocycles. The Morgan fingerprint density at radius 1 is 1.69 bits per heavy atom. The van der Waals surface area contributed by atoms with Gasteiger partial charge in [-0.1, -0.05) is 0 Å². The standard InChI is InChI=1S/C8H16N2O3/c1-10(3-2-9)7-5-13-4-6(7)8(11)12/h6-7H,2-5,9H2,1H3,(H,11,12). The molecule has 0 spiro atoms. The van der Waals surface area contributed by atoms with Gasteiger partial charge in [-0.15, -0.1) is 0 Å². The highest BCUT2D eigenvalue weighted by molar-refractivity contribution is 5.71. The fraction of sp³-hybridized carbons (Fsp3) is 0.875. The van der Waals surface area contributed by atoms with E-state index in [9.17, 15) is 4.79 Å². The van der Waals surface area contributed by atoms with Crippen LogP contribution in [0.3, 0.4) is 0 Å². The van der Waals surface area contributed by atoms with Gasteiger partial charge in [0.2, 0.25) is 0 Å². The third-order valence-corrected chi connectivity index (χ3v) is 2.42. The molecule has 5 heteroatoms. The van der Waals surface area contributed by atoms with Crippen LogP contribution in [-0.2, 0) is 9.53 Å². The highest BCUT2D eigenvalue weighted by atomic mass is 16.5. The Morgan fingerprint density at radius 3 is 2.92 bits per heavy atom. The van der Waals surface area contributed by atoms with Crippen molar-refractivity contribution in [3.05, 3.63) is 0 Å². The first-order chi connectivity index (χ1) is 6.16. The molecule has 1 aliphatic rings. The van der Waals surface area contributed by atoms with Crippen LogP contribution in [0.15, 0.2) is 0 Å². The van der Waals surface area contributed by atoms with E-state index >= 15 is 0 Å². The van der Waals surface area contributed by atoms with Gasteiger partial charge in [-0.25, -0.2) is 0 Å². The van der Waals surface area contributed by atoms with E-state index in [1.807, 2.05) is 11.9 Å². The number of carbonyl (C=O) groups is 1. The third kappa shape index (κ3) is 2.40. The van der Waals surface area contributed by atoms with Gasteiger partial charge in [-0.3, -0.25) is 9.69 Å². The largest absolute Gasteiger partial charge is 0.481 e. The molecule has 0 bridgehead atoms. The van der Waals surface area contributed by atoms with E-state index in [-0.39, 0.29) is 6.04 Å². The van der Waals surface area contributed by atoms with E-state index in [1.54, 1.807) is 0 Å². The van der Waals surface area contributed by atoms with Gasteiger partial charge in [0.15, 0.2) is 0 Å². The number of nitrogens with two attached hydrogens (primary N) is 1. The second kappa shape index (κ2) is 4.55. The van der Waals surface area contributed by atoms with Gasteiger partial charge in [0.25, 0.3) is 0 Å². The van der Waals surface area contributed by atoms with Crippen molar-refractivity contribution in [3.8, 4) is 0 Å². The molecule has 0 radical (unpaired) electrons. The Balaban J connectivity index is 2.52. The van der Waals surface area contributed by atoms with Crippen molar-refractivity contribution in [1.82, 2.24) is 4.90 Å². The van der Waals surface area contributed by atoms with Crippen LogP contribution >= 0.6 is 0 Å². The van der Waals surface area contributed by atoms with E-state index in [2.05, 4.69) is 0 Å². The Labute approximate surface area is 77.5 Å². The lowest BCUT2D eigenvalue weighted by Gasteiger charge is -2.25. The normalized spacial score (nSPS) is 28.2. The van der Waals surface area contributed by atoms with Crippen LogP contribution in [0.5, 0.6) is 0 Å². The Kier molecular flexibility index (Phi) is 3.65. The van der Waals surface area contributed by atoms with Gasteiger partial charge in [-0.2, -0.15) is 0 Å². The van der Waals surface area contributed by atoms with Gasteiger partial charge in [0.1, 0.15) is 0 Å². The molecule has 76 valence electrons. The number of nitrogens with zero attached hydrogens (tertiary/aromatic N) is 1. The summed E-state index contributed by atoms with van der Waals surface area (Å²) >= 11 is 0. The van der Waals surface area contributed by atoms with Gasteiger partial charge in [0.05, 0.1) is 19.1 Å². The monoisotopic (exact) mass is 188 g/mol. The van der Waals surface area contributed by atoms with E-state index in [4.69, 9.17) is 15.6 Å². The zero-order chi connectivity index (χ0) is 9.84. The summed E-state index contributed by atoms with van der Waals surface area (Å²) in [6.07, 6.45) is 0. The zero-order valence-electron chi connectivity index (χ0n) is 7.77. The quantitative estimate of drug-likeness (QED) is 0.590. The van der Waals surface area contributed by atoms with E-state index < -0.39 is 11.9 Å². The first-order valence-electron chi connectivity index (χ1n) is 4.37. The van der Waals surface area contributed by atoms with Crippen LogP contribution in [0.4, 0.5) is 0 Å². The minimum atomic E-state index is -0.786. The number of hydrogen-bond donors (Lipinski definition) is 2. The van der Waals surface area contributed by atoms with E-state index in [0.29, 0.717) is 26.3 Å². The molecule has 0 aromatic heterocycles. The predicted molar refractivity (Wildman–Crippen MR) is 47.4 cm³/mol. The molecule has 0 aromatic rings. The summed E-state index contributed by atoms with van der Waals surface area (Å²) in [5, 5.41) is 8.86.